The fourth-order valence-corrected chi connectivity index (χ4v) is 2.76. The van der Waals surface area contributed by atoms with Crippen LogP contribution in [0.4, 0.5) is 0 Å². The fourth-order valence-electron chi connectivity index (χ4n) is 2.76. The molecule has 0 saturated heterocycles. The number of methoxy groups -OCH3 is 1. The Hall–Kier alpha value is -2.48. The highest BCUT2D eigenvalue weighted by Gasteiger charge is 2.61. The summed E-state index contributed by atoms with van der Waals surface area (Å²) in [5, 5.41) is 0. The number of carbonyl (C=O) groups excluding carboxylic acids is 2. The molecule has 5 nitrogen and oxygen atoms in total. The summed E-state index contributed by atoms with van der Waals surface area (Å²) in [5.74, 6) is 1.62. The molecule has 0 amide bonds. The second-order valence-corrected chi connectivity index (χ2v) is 6.21. The summed E-state index contributed by atoms with van der Waals surface area (Å²) < 4.78 is 11.8. The molecule has 0 unspecified atom stereocenters. The van der Waals surface area contributed by atoms with Crippen LogP contribution in [0.15, 0.2) is 30.6 Å². The Labute approximate surface area is 136 Å². The van der Waals surface area contributed by atoms with Crippen LogP contribution in [0, 0.1) is 29.6 Å². The molecule has 5 heteroatoms. The van der Waals surface area contributed by atoms with Gasteiger partial charge in [0.1, 0.15) is 6.61 Å². The molecule has 1 heterocycles. The highest BCUT2D eigenvalue weighted by molar-refractivity contribution is 5.83. The highest BCUT2D eigenvalue weighted by atomic mass is 16.5. The quantitative estimate of drug-likeness (QED) is 0.458. The number of terminal acetylenes is 1. The normalized spacial score (nSPS) is 21.7. The van der Waals surface area contributed by atoms with E-state index < -0.39 is 5.97 Å². The summed E-state index contributed by atoms with van der Waals surface area (Å²) in [7, 11) is 1.32. The summed E-state index contributed by atoms with van der Waals surface area (Å²) >= 11 is 0. The first-order valence-electron chi connectivity index (χ1n) is 7.41. The maximum absolute atomic E-state index is 12.2. The Kier molecular flexibility index (Phi) is 4.95. The summed E-state index contributed by atoms with van der Waals surface area (Å²) in [6, 6.07) is 1.87. The summed E-state index contributed by atoms with van der Waals surface area (Å²) in [5.41, 5.74) is 0.686. The SMILES string of the molecule is C#CCn1ccc(COC(=O)[C@@H]2[C@H](C=CC(=O)OC)C2(C)C)c1. The zero-order chi connectivity index (χ0) is 17.0. The Morgan fingerprint density at radius 3 is 2.87 bits per heavy atom. The third-order valence-corrected chi connectivity index (χ3v) is 4.27. The van der Waals surface area contributed by atoms with Crippen LogP contribution in [0.1, 0.15) is 19.4 Å². The van der Waals surface area contributed by atoms with Crippen molar-refractivity contribution < 1.29 is 19.1 Å². The van der Waals surface area contributed by atoms with Gasteiger partial charge in [0.25, 0.3) is 0 Å². The molecular formula is C18H21NO4. The predicted molar refractivity (Wildman–Crippen MR) is 85.0 cm³/mol. The molecule has 0 N–H and O–H groups in total. The van der Waals surface area contributed by atoms with Crippen molar-refractivity contribution in [2.75, 3.05) is 7.11 Å². The third-order valence-electron chi connectivity index (χ3n) is 4.27. The number of aromatic nitrogens is 1. The Bertz CT molecular complexity index is 663. The van der Waals surface area contributed by atoms with Crippen LogP contribution < -0.4 is 0 Å². The van der Waals surface area contributed by atoms with Gasteiger partial charge in [0.2, 0.25) is 0 Å². The number of esters is 2. The Morgan fingerprint density at radius 2 is 2.22 bits per heavy atom. The maximum atomic E-state index is 12.2. The van der Waals surface area contributed by atoms with Crippen LogP contribution in [-0.2, 0) is 32.2 Å². The monoisotopic (exact) mass is 315 g/mol. The number of hydrogen-bond acceptors (Lipinski definition) is 4. The molecule has 0 aliphatic heterocycles. The minimum absolute atomic E-state index is 0.0138. The van der Waals surface area contributed by atoms with E-state index in [-0.39, 0.29) is 29.8 Å². The number of allylic oxidation sites excluding steroid dienone is 1. The van der Waals surface area contributed by atoms with E-state index in [1.807, 2.05) is 36.9 Å². The Morgan fingerprint density at radius 1 is 1.48 bits per heavy atom. The summed E-state index contributed by atoms with van der Waals surface area (Å²) in [6.45, 7) is 4.67. The zero-order valence-corrected chi connectivity index (χ0v) is 13.6. The molecule has 122 valence electrons. The lowest BCUT2D eigenvalue weighted by Gasteiger charge is -2.04. The summed E-state index contributed by atoms with van der Waals surface area (Å²) in [6.07, 6.45) is 12.0. The average Bonchev–Trinajstić information content (AvgIpc) is 2.84. The van der Waals surface area contributed by atoms with E-state index >= 15 is 0 Å². The molecular weight excluding hydrogens is 294 g/mol. The topological polar surface area (TPSA) is 57.5 Å². The summed E-state index contributed by atoms with van der Waals surface area (Å²) in [4.78, 5) is 23.4. The van der Waals surface area contributed by atoms with Crippen LogP contribution in [0.25, 0.3) is 0 Å². The van der Waals surface area contributed by atoms with Crippen molar-refractivity contribution in [2.24, 2.45) is 17.3 Å². The molecule has 1 aliphatic rings. The van der Waals surface area contributed by atoms with Gasteiger partial charge >= 0.3 is 11.9 Å². The Balaban J connectivity index is 1.89. The van der Waals surface area contributed by atoms with Gasteiger partial charge in [-0.3, -0.25) is 4.79 Å². The van der Waals surface area contributed by atoms with Crippen LogP contribution in [-0.4, -0.2) is 23.6 Å². The first-order chi connectivity index (χ1) is 10.9. The largest absolute Gasteiger partial charge is 0.466 e. The van der Waals surface area contributed by atoms with Crippen molar-refractivity contribution >= 4 is 11.9 Å². The van der Waals surface area contributed by atoms with Crippen molar-refractivity contribution in [2.45, 2.75) is 27.0 Å². The molecule has 0 aromatic carbocycles. The van der Waals surface area contributed by atoms with Gasteiger partial charge in [-0.15, -0.1) is 6.42 Å². The lowest BCUT2D eigenvalue weighted by molar-refractivity contribution is -0.147. The van der Waals surface area contributed by atoms with Gasteiger partial charge in [-0.2, -0.15) is 0 Å². The van der Waals surface area contributed by atoms with E-state index in [0.717, 1.165) is 5.56 Å². The minimum Gasteiger partial charge on any atom is -0.466 e. The zero-order valence-electron chi connectivity index (χ0n) is 13.6. The first kappa shape index (κ1) is 16.9. The number of hydrogen-bond donors (Lipinski definition) is 0. The van der Waals surface area contributed by atoms with Gasteiger partial charge < -0.3 is 14.0 Å². The second-order valence-electron chi connectivity index (χ2n) is 6.21. The van der Waals surface area contributed by atoms with E-state index in [1.54, 1.807) is 6.08 Å². The molecule has 2 atom stereocenters. The van der Waals surface area contributed by atoms with Gasteiger partial charge in [0, 0.05) is 24.0 Å². The van der Waals surface area contributed by atoms with Gasteiger partial charge in [-0.1, -0.05) is 25.8 Å². The van der Waals surface area contributed by atoms with Crippen molar-refractivity contribution in [1.82, 2.24) is 4.57 Å². The minimum atomic E-state index is -0.422. The van der Waals surface area contributed by atoms with Crippen molar-refractivity contribution in [3.05, 3.63) is 36.2 Å². The van der Waals surface area contributed by atoms with E-state index in [4.69, 9.17) is 11.2 Å². The van der Waals surface area contributed by atoms with Gasteiger partial charge in [0.15, 0.2) is 0 Å². The van der Waals surface area contributed by atoms with Crippen LogP contribution in [0.5, 0.6) is 0 Å². The van der Waals surface area contributed by atoms with E-state index in [9.17, 15) is 9.59 Å². The van der Waals surface area contributed by atoms with Gasteiger partial charge in [-0.05, 0) is 17.4 Å². The van der Waals surface area contributed by atoms with Gasteiger partial charge in [-0.25, -0.2) is 4.79 Å². The van der Waals surface area contributed by atoms with Crippen molar-refractivity contribution in [3.63, 3.8) is 0 Å². The number of carbonyl (C=O) groups is 2. The number of nitrogens with zero attached hydrogens (tertiary/aromatic N) is 1. The molecule has 23 heavy (non-hydrogen) atoms. The van der Waals surface area contributed by atoms with Crippen LogP contribution in [0.2, 0.25) is 0 Å². The lowest BCUT2D eigenvalue weighted by atomic mass is 10.1. The molecule has 1 aromatic heterocycles. The first-order valence-corrected chi connectivity index (χ1v) is 7.41. The molecule has 0 radical (unpaired) electrons. The molecule has 1 saturated carbocycles. The second kappa shape index (κ2) is 6.74. The standard InChI is InChI=1S/C18H21NO4/c1-5-9-19-10-8-13(11-19)12-23-17(21)16-14(18(16,2)3)6-7-15(20)22-4/h1,6-8,10-11,14,16H,9,12H2,2-4H3/t14-,16-/m0/s1. The molecule has 1 aliphatic carbocycles. The molecule has 0 spiro atoms. The van der Waals surface area contributed by atoms with E-state index in [1.165, 1.54) is 13.2 Å². The number of ether oxygens (including phenoxy) is 2. The van der Waals surface area contributed by atoms with E-state index in [0.29, 0.717) is 6.54 Å². The molecule has 0 bridgehead atoms. The van der Waals surface area contributed by atoms with Gasteiger partial charge in [0.05, 0.1) is 19.6 Å². The molecule has 2 rings (SSSR count). The fraction of sp³-hybridized carbons (Fsp3) is 0.444. The average molecular weight is 315 g/mol. The van der Waals surface area contributed by atoms with Crippen molar-refractivity contribution in [1.29, 1.82) is 0 Å². The van der Waals surface area contributed by atoms with Crippen molar-refractivity contribution in [3.8, 4) is 12.3 Å². The van der Waals surface area contributed by atoms with Crippen LogP contribution in [0.3, 0.4) is 0 Å². The highest BCUT2D eigenvalue weighted by Crippen LogP contribution is 2.59. The van der Waals surface area contributed by atoms with Crippen LogP contribution >= 0.6 is 0 Å². The third kappa shape index (κ3) is 3.84. The smallest absolute Gasteiger partial charge is 0.330 e. The number of rotatable bonds is 6. The van der Waals surface area contributed by atoms with E-state index in [2.05, 4.69) is 10.7 Å². The maximum Gasteiger partial charge on any atom is 0.330 e. The lowest BCUT2D eigenvalue weighted by Crippen LogP contribution is -2.10. The molecule has 1 aromatic rings. The molecule has 1 fully saturated rings. The predicted octanol–water partition coefficient (Wildman–Crippen LogP) is 2.17.